The lowest BCUT2D eigenvalue weighted by atomic mass is 9.93. The van der Waals surface area contributed by atoms with Gasteiger partial charge in [-0.1, -0.05) is 6.92 Å². The highest BCUT2D eigenvalue weighted by atomic mass is 16.3. The molecule has 1 fully saturated rings. The Morgan fingerprint density at radius 1 is 1.38 bits per heavy atom. The highest BCUT2D eigenvalue weighted by Gasteiger charge is 2.27. The van der Waals surface area contributed by atoms with Gasteiger partial charge >= 0.3 is 0 Å². The molecule has 1 rings (SSSR count). The van der Waals surface area contributed by atoms with Crippen molar-refractivity contribution in [1.82, 2.24) is 10.6 Å². The molecule has 1 saturated heterocycles. The molecule has 4 unspecified atom stereocenters. The highest BCUT2D eigenvalue weighted by molar-refractivity contribution is 4.89. The molecule has 0 aliphatic carbocycles. The number of aliphatic hydroxyl groups is 1. The SMILES string of the molecule is CCC(CO)C1CNC(C)C(C)N1. The van der Waals surface area contributed by atoms with Crippen LogP contribution in [0.1, 0.15) is 27.2 Å². The van der Waals surface area contributed by atoms with Gasteiger partial charge in [0.15, 0.2) is 0 Å². The first-order chi connectivity index (χ1) is 6.19. The second-order valence-corrected chi connectivity index (χ2v) is 4.11. The smallest absolute Gasteiger partial charge is 0.0474 e. The minimum Gasteiger partial charge on any atom is -0.396 e. The summed E-state index contributed by atoms with van der Waals surface area (Å²) in [4.78, 5) is 0. The number of piperazine rings is 1. The second-order valence-electron chi connectivity index (χ2n) is 4.11. The Hall–Kier alpha value is -0.120. The van der Waals surface area contributed by atoms with Crippen molar-refractivity contribution in [2.45, 2.75) is 45.3 Å². The molecule has 78 valence electrons. The van der Waals surface area contributed by atoms with Crippen molar-refractivity contribution in [3.8, 4) is 0 Å². The predicted octanol–water partition coefficient (Wildman–Crippen LogP) is 0.343. The molecule has 13 heavy (non-hydrogen) atoms. The molecule has 0 aromatic carbocycles. The molecule has 0 radical (unpaired) electrons. The summed E-state index contributed by atoms with van der Waals surface area (Å²) < 4.78 is 0. The lowest BCUT2D eigenvalue weighted by molar-refractivity contribution is 0.153. The molecule has 1 aliphatic rings. The molecule has 4 atom stereocenters. The molecule has 1 heterocycles. The van der Waals surface area contributed by atoms with Crippen LogP contribution < -0.4 is 10.6 Å². The van der Waals surface area contributed by atoms with E-state index in [1.807, 2.05) is 0 Å². The van der Waals surface area contributed by atoms with Gasteiger partial charge in [-0.3, -0.25) is 0 Å². The first kappa shape index (κ1) is 11.0. The Morgan fingerprint density at radius 3 is 2.54 bits per heavy atom. The molecule has 0 amide bonds. The summed E-state index contributed by atoms with van der Waals surface area (Å²) in [5.74, 6) is 0.391. The molecular formula is C10H22N2O. The third kappa shape index (κ3) is 2.66. The van der Waals surface area contributed by atoms with Crippen LogP contribution in [0.15, 0.2) is 0 Å². The molecular weight excluding hydrogens is 164 g/mol. The fourth-order valence-electron chi connectivity index (χ4n) is 1.87. The molecule has 0 aromatic heterocycles. The molecule has 3 heteroatoms. The summed E-state index contributed by atoms with van der Waals surface area (Å²) in [5, 5.41) is 16.2. The van der Waals surface area contributed by atoms with Crippen LogP contribution in [-0.2, 0) is 0 Å². The van der Waals surface area contributed by atoms with Crippen LogP contribution in [0, 0.1) is 5.92 Å². The maximum absolute atomic E-state index is 9.16. The van der Waals surface area contributed by atoms with Gasteiger partial charge in [-0.15, -0.1) is 0 Å². The number of rotatable bonds is 3. The van der Waals surface area contributed by atoms with Crippen molar-refractivity contribution in [3.05, 3.63) is 0 Å². The van der Waals surface area contributed by atoms with Crippen molar-refractivity contribution in [1.29, 1.82) is 0 Å². The van der Waals surface area contributed by atoms with E-state index in [2.05, 4.69) is 31.4 Å². The number of hydrogen-bond donors (Lipinski definition) is 3. The van der Waals surface area contributed by atoms with E-state index in [1.165, 1.54) is 0 Å². The summed E-state index contributed by atoms with van der Waals surface area (Å²) in [6.07, 6.45) is 1.04. The molecule has 0 aromatic rings. The Bertz CT molecular complexity index is 148. The average molecular weight is 186 g/mol. The largest absolute Gasteiger partial charge is 0.396 e. The standard InChI is InChI=1S/C10H22N2O/c1-4-9(6-13)10-5-11-7(2)8(3)12-10/h7-13H,4-6H2,1-3H3. The normalized spacial score (nSPS) is 37.4. The fourth-order valence-corrected chi connectivity index (χ4v) is 1.87. The Balaban J connectivity index is 2.44. The van der Waals surface area contributed by atoms with E-state index in [4.69, 9.17) is 5.11 Å². The highest BCUT2D eigenvalue weighted by Crippen LogP contribution is 2.12. The van der Waals surface area contributed by atoms with Crippen molar-refractivity contribution in [3.63, 3.8) is 0 Å². The van der Waals surface area contributed by atoms with Crippen molar-refractivity contribution >= 4 is 0 Å². The summed E-state index contributed by atoms with van der Waals surface area (Å²) in [7, 11) is 0. The van der Waals surface area contributed by atoms with Gasteiger partial charge in [0.05, 0.1) is 0 Å². The van der Waals surface area contributed by atoms with Crippen LogP contribution in [0.2, 0.25) is 0 Å². The van der Waals surface area contributed by atoms with Crippen LogP contribution in [-0.4, -0.2) is 36.4 Å². The second kappa shape index (κ2) is 4.94. The van der Waals surface area contributed by atoms with Crippen LogP contribution in [0.25, 0.3) is 0 Å². The first-order valence-electron chi connectivity index (χ1n) is 5.29. The van der Waals surface area contributed by atoms with Gasteiger partial charge < -0.3 is 15.7 Å². The maximum Gasteiger partial charge on any atom is 0.0474 e. The van der Waals surface area contributed by atoms with E-state index in [0.717, 1.165) is 13.0 Å². The van der Waals surface area contributed by atoms with Gasteiger partial charge in [0, 0.05) is 31.3 Å². The molecule has 0 saturated carbocycles. The van der Waals surface area contributed by atoms with Gasteiger partial charge in [-0.05, 0) is 26.2 Å². The average Bonchev–Trinajstić information content (AvgIpc) is 2.13. The van der Waals surface area contributed by atoms with Crippen LogP contribution in [0.3, 0.4) is 0 Å². The van der Waals surface area contributed by atoms with E-state index >= 15 is 0 Å². The van der Waals surface area contributed by atoms with Crippen LogP contribution >= 0.6 is 0 Å². The molecule has 3 N–H and O–H groups in total. The quantitative estimate of drug-likeness (QED) is 0.595. The topological polar surface area (TPSA) is 44.3 Å². The zero-order valence-electron chi connectivity index (χ0n) is 8.88. The van der Waals surface area contributed by atoms with Crippen molar-refractivity contribution < 1.29 is 5.11 Å². The maximum atomic E-state index is 9.16. The van der Waals surface area contributed by atoms with Gasteiger partial charge in [-0.25, -0.2) is 0 Å². The summed E-state index contributed by atoms with van der Waals surface area (Å²) >= 11 is 0. The minimum absolute atomic E-state index is 0.289. The monoisotopic (exact) mass is 186 g/mol. The number of aliphatic hydroxyl groups excluding tert-OH is 1. The van der Waals surface area contributed by atoms with Crippen molar-refractivity contribution in [2.24, 2.45) is 5.92 Å². The summed E-state index contributed by atoms with van der Waals surface area (Å²) in [5.41, 5.74) is 0. The third-order valence-electron chi connectivity index (χ3n) is 3.21. The lowest BCUT2D eigenvalue weighted by Crippen LogP contribution is -2.61. The van der Waals surface area contributed by atoms with Gasteiger partial charge in [-0.2, -0.15) is 0 Å². The van der Waals surface area contributed by atoms with E-state index in [0.29, 0.717) is 24.0 Å². The molecule has 0 spiro atoms. The van der Waals surface area contributed by atoms with Crippen LogP contribution in [0.5, 0.6) is 0 Å². The molecule has 1 aliphatic heterocycles. The summed E-state index contributed by atoms with van der Waals surface area (Å²) in [6, 6.07) is 1.47. The molecule has 3 nitrogen and oxygen atoms in total. The predicted molar refractivity (Wildman–Crippen MR) is 54.7 cm³/mol. The van der Waals surface area contributed by atoms with Crippen LogP contribution in [0.4, 0.5) is 0 Å². The first-order valence-corrected chi connectivity index (χ1v) is 5.29. The number of nitrogens with one attached hydrogen (secondary N) is 2. The third-order valence-corrected chi connectivity index (χ3v) is 3.21. The lowest BCUT2D eigenvalue weighted by Gasteiger charge is -2.38. The zero-order valence-corrected chi connectivity index (χ0v) is 8.88. The van der Waals surface area contributed by atoms with E-state index in [9.17, 15) is 0 Å². The van der Waals surface area contributed by atoms with E-state index in [1.54, 1.807) is 0 Å². The Kier molecular flexibility index (Phi) is 4.16. The van der Waals surface area contributed by atoms with E-state index < -0.39 is 0 Å². The minimum atomic E-state index is 0.289. The van der Waals surface area contributed by atoms with Gasteiger partial charge in [0.1, 0.15) is 0 Å². The Morgan fingerprint density at radius 2 is 2.08 bits per heavy atom. The van der Waals surface area contributed by atoms with Gasteiger partial charge in [0.25, 0.3) is 0 Å². The zero-order chi connectivity index (χ0) is 9.84. The number of hydrogen-bond acceptors (Lipinski definition) is 3. The van der Waals surface area contributed by atoms with Gasteiger partial charge in [0.2, 0.25) is 0 Å². The fraction of sp³-hybridized carbons (Fsp3) is 1.00. The Labute approximate surface area is 80.9 Å². The van der Waals surface area contributed by atoms with E-state index in [-0.39, 0.29) is 6.61 Å². The summed E-state index contributed by atoms with van der Waals surface area (Å²) in [6.45, 7) is 7.77. The molecule has 0 bridgehead atoms. The van der Waals surface area contributed by atoms with Crippen molar-refractivity contribution in [2.75, 3.05) is 13.2 Å².